The highest BCUT2D eigenvalue weighted by Gasteiger charge is 2.19. The SMILES string of the molecule is COCC(N)C(=O)N(C)Cc1ccc(OC)cc1OC. The van der Waals surface area contributed by atoms with Gasteiger partial charge in [-0.05, 0) is 12.1 Å². The van der Waals surface area contributed by atoms with Crippen LogP contribution in [0.3, 0.4) is 0 Å². The Morgan fingerprint density at radius 3 is 2.55 bits per heavy atom. The highest BCUT2D eigenvalue weighted by Crippen LogP contribution is 2.25. The van der Waals surface area contributed by atoms with E-state index in [9.17, 15) is 4.79 Å². The van der Waals surface area contributed by atoms with E-state index in [0.29, 0.717) is 18.0 Å². The summed E-state index contributed by atoms with van der Waals surface area (Å²) in [6.45, 7) is 0.604. The van der Waals surface area contributed by atoms with Gasteiger partial charge in [-0.3, -0.25) is 4.79 Å². The van der Waals surface area contributed by atoms with Gasteiger partial charge in [-0.1, -0.05) is 0 Å². The van der Waals surface area contributed by atoms with Crippen molar-refractivity contribution in [2.75, 3.05) is 35.0 Å². The summed E-state index contributed by atoms with van der Waals surface area (Å²) in [7, 11) is 6.38. The number of methoxy groups -OCH3 is 3. The smallest absolute Gasteiger partial charge is 0.241 e. The van der Waals surface area contributed by atoms with Crippen molar-refractivity contribution in [1.29, 1.82) is 0 Å². The van der Waals surface area contributed by atoms with Crippen molar-refractivity contribution in [3.05, 3.63) is 23.8 Å². The van der Waals surface area contributed by atoms with Gasteiger partial charge in [-0.2, -0.15) is 0 Å². The largest absolute Gasteiger partial charge is 0.497 e. The van der Waals surface area contributed by atoms with Crippen LogP contribution in [0, 0.1) is 0 Å². The van der Waals surface area contributed by atoms with Crippen molar-refractivity contribution in [2.24, 2.45) is 5.73 Å². The van der Waals surface area contributed by atoms with Gasteiger partial charge in [0.1, 0.15) is 17.5 Å². The van der Waals surface area contributed by atoms with Crippen molar-refractivity contribution >= 4 is 5.91 Å². The number of benzene rings is 1. The maximum atomic E-state index is 12.0. The van der Waals surface area contributed by atoms with Crippen LogP contribution in [-0.2, 0) is 16.1 Å². The molecule has 0 aliphatic rings. The van der Waals surface area contributed by atoms with Crippen LogP contribution >= 0.6 is 0 Å². The first kappa shape index (κ1) is 16.3. The Kier molecular flexibility index (Phi) is 6.27. The van der Waals surface area contributed by atoms with Crippen molar-refractivity contribution in [2.45, 2.75) is 12.6 Å². The Morgan fingerprint density at radius 2 is 2.00 bits per heavy atom. The van der Waals surface area contributed by atoms with Gasteiger partial charge in [-0.25, -0.2) is 0 Å². The van der Waals surface area contributed by atoms with Crippen LogP contribution in [0.5, 0.6) is 11.5 Å². The minimum Gasteiger partial charge on any atom is -0.497 e. The Balaban J connectivity index is 2.79. The molecule has 112 valence electrons. The molecule has 0 radical (unpaired) electrons. The van der Waals surface area contributed by atoms with E-state index >= 15 is 0 Å². The topological polar surface area (TPSA) is 74.0 Å². The average Bonchev–Trinajstić information content (AvgIpc) is 2.46. The first-order valence-electron chi connectivity index (χ1n) is 6.23. The molecule has 0 fully saturated rings. The maximum absolute atomic E-state index is 12.0. The summed E-state index contributed by atoms with van der Waals surface area (Å²) >= 11 is 0. The summed E-state index contributed by atoms with van der Waals surface area (Å²) in [5.74, 6) is 1.20. The fourth-order valence-corrected chi connectivity index (χ4v) is 1.85. The first-order chi connectivity index (χ1) is 9.53. The Bertz CT molecular complexity index is 451. The van der Waals surface area contributed by atoms with Crippen LogP contribution in [0.2, 0.25) is 0 Å². The predicted octanol–water partition coefficient (Wildman–Crippen LogP) is 0.636. The number of ether oxygens (including phenoxy) is 3. The number of amides is 1. The van der Waals surface area contributed by atoms with Crippen molar-refractivity contribution in [3.8, 4) is 11.5 Å². The van der Waals surface area contributed by atoms with E-state index in [-0.39, 0.29) is 12.5 Å². The molecule has 20 heavy (non-hydrogen) atoms. The fraction of sp³-hybridized carbons (Fsp3) is 0.500. The molecule has 1 rings (SSSR count). The van der Waals surface area contributed by atoms with Gasteiger partial charge in [-0.15, -0.1) is 0 Å². The van der Waals surface area contributed by atoms with Gasteiger partial charge >= 0.3 is 0 Å². The summed E-state index contributed by atoms with van der Waals surface area (Å²) in [4.78, 5) is 13.6. The number of rotatable bonds is 7. The third kappa shape index (κ3) is 4.11. The molecule has 0 bridgehead atoms. The molecule has 0 aromatic heterocycles. The van der Waals surface area contributed by atoms with E-state index in [1.807, 2.05) is 12.1 Å². The van der Waals surface area contributed by atoms with E-state index in [1.54, 1.807) is 32.2 Å². The van der Waals surface area contributed by atoms with E-state index in [2.05, 4.69) is 0 Å². The lowest BCUT2D eigenvalue weighted by Gasteiger charge is -2.22. The number of hydrogen-bond acceptors (Lipinski definition) is 5. The van der Waals surface area contributed by atoms with Crippen LogP contribution in [0.25, 0.3) is 0 Å². The fourth-order valence-electron chi connectivity index (χ4n) is 1.85. The third-order valence-electron chi connectivity index (χ3n) is 2.94. The predicted molar refractivity (Wildman–Crippen MR) is 75.9 cm³/mol. The molecule has 1 aromatic carbocycles. The highest BCUT2D eigenvalue weighted by molar-refractivity contribution is 5.81. The molecule has 0 aliphatic heterocycles. The monoisotopic (exact) mass is 282 g/mol. The lowest BCUT2D eigenvalue weighted by atomic mass is 10.1. The second-order valence-electron chi connectivity index (χ2n) is 4.43. The van der Waals surface area contributed by atoms with Crippen molar-refractivity contribution in [3.63, 3.8) is 0 Å². The number of nitrogens with two attached hydrogens (primary N) is 1. The van der Waals surface area contributed by atoms with Gasteiger partial charge in [0.25, 0.3) is 0 Å². The lowest BCUT2D eigenvalue weighted by molar-refractivity contribution is -0.133. The zero-order valence-electron chi connectivity index (χ0n) is 12.4. The molecular weight excluding hydrogens is 260 g/mol. The van der Waals surface area contributed by atoms with E-state index in [4.69, 9.17) is 19.9 Å². The summed E-state index contributed by atoms with van der Waals surface area (Å²) < 4.78 is 15.3. The van der Waals surface area contributed by atoms with Gasteiger partial charge in [0, 0.05) is 32.3 Å². The lowest BCUT2D eigenvalue weighted by Crippen LogP contribution is -2.44. The second kappa shape index (κ2) is 7.72. The average molecular weight is 282 g/mol. The Hall–Kier alpha value is -1.79. The molecule has 1 unspecified atom stereocenters. The summed E-state index contributed by atoms with van der Waals surface area (Å²) in [5.41, 5.74) is 6.61. The van der Waals surface area contributed by atoms with Gasteiger partial charge in [0.2, 0.25) is 5.91 Å². The minimum absolute atomic E-state index is 0.176. The van der Waals surface area contributed by atoms with E-state index < -0.39 is 6.04 Å². The highest BCUT2D eigenvalue weighted by atomic mass is 16.5. The quantitative estimate of drug-likeness (QED) is 0.794. The first-order valence-corrected chi connectivity index (χ1v) is 6.23. The zero-order valence-corrected chi connectivity index (χ0v) is 12.4. The summed E-state index contributed by atoms with van der Waals surface area (Å²) in [6.07, 6.45) is 0. The maximum Gasteiger partial charge on any atom is 0.241 e. The van der Waals surface area contributed by atoms with Crippen LogP contribution in [0.15, 0.2) is 18.2 Å². The summed E-state index contributed by atoms with van der Waals surface area (Å²) in [6, 6.07) is 4.81. The van der Waals surface area contributed by atoms with Crippen LogP contribution < -0.4 is 15.2 Å². The van der Waals surface area contributed by atoms with Gasteiger partial charge < -0.3 is 24.8 Å². The van der Waals surface area contributed by atoms with Gasteiger partial charge in [0.15, 0.2) is 0 Å². The number of carbonyl (C=O) groups is 1. The molecular formula is C14H22N2O4. The molecule has 2 N–H and O–H groups in total. The Labute approximate surface area is 119 Å². The van der Waals surface area contributed by atoms with Gasteiger partial charge in [0.05, 0.1) is 20.8 Å². The van der Waals surface area contributed by atoms with Crippen molar-refractivity contribution < 1.29 is 19.0 Å². The number of likely N-dealkylation sites (N-methyl/N-ethyl adjacent to an activating group) is 1. The second-order valence-corrected chi connectivity index (χ2v) is 4.43. The molecule has 1 amide bonds. The molecule has 6 heteroatoms. The molecule has 0 heterocycles. The van der Waals surface area contributed by atoms with Crippen molar-refractivity contribution in [1.82, 2.24) is 4.90 Å². The van der Waals surface area contributed by atoms with E-state index in [1.165, 1.54) is 7.11 Å². The Morgan fingerprint density at radius 1 is 1.30 bits per heavy atom. The normalized spacial score (nSPS) is 11.8. The van der Waals surface area contributed by atoms with Crippen LogP contribution in [0.4, 0.5) is 0 Å². The molecule has 0 saturated carbocycles. The molecule has 0 aliphatic carbocycles. The zero-order chi connectivity index (χ0) is 15.1. The van der Waals surface area contributed by atoms with E-state index in [0.717, 1.165) is 5.56 Å². The number of carbonyl (C=O) groups excluding carboxylic acids is 1. The molecule has 1 aromatic rings. The molecule has 1 atom stereocenters. The molecule has 0 saturated heterocycles. The molecule has 0 spiro atoms. The minimum atomic E-state index is -0.658. The van der Waals surface area contributed by atoms with Crippen LogP contribution in [0.1, 0.15) is 5.56 Å². The standard InChI is InChI=1S/C14H22N2O4/c1-16(14(17)12(15)9-18-2)8-10-5-6-11(19-3)7-13(10)20-4/h5-7,12H,8-9,15H2,1-4H3. The molecule has 6 nitrogen and oxygen atoms in total. The number of nitrogens with zero attached hydrogens (tertiary/aromatic N) is 1. The number of hydrogen-bond donors (Lipinski definition) is 1. The van der Waals surface area contributed by atoms with Crippen LogP contribution in [-0.4, -0.2) is 51.8 Å². The third-order valence-corrected chi connectivity index (χ3v) is 2.94. The summed E-state index contributed by atoms with van der Waals surface area (Å²) in [5, 5.41) is 0.